The minimum Gasteiger partial charge on any atom is -0.467 e. The molecule has 0 aliphatic rings. The maximum Gasteiger partial charge on any atom is 0.133 e. The van der Waals surface area contributed by atoms with E-state index in [0.29, 0.717) is 12.3 Å². The van der Waals surface area contributed by atoms with Crippen LogP contribution in [-0.4, -0.2) is 16.6 Å². The van der Waals surface area contributed by atoms with E-state index in [1.165, 1.54) is 4.88 Å². The van der Waals surface area contributed by atoms with E-state index in [2.05, 4.69) is 17.2 Å². The zero-order chi connectivity index (χ0) is 13.0. The van der Waals surface area contributed by atoms with Crippen LogP contribution in [-0.2, 0) is 6.42 Å². The second-order valence-electron chi connectivity index (χ2n) is 4.18. The van der Waals surface area contributed by atoms with Crippen molar-refractivity contribution in [3.63, 3.8) is 0 Å². The average molecular weight is 266 g/mol. The molecule has 2 atom stereocenters. The predicted molar refractivity (Wildman–Crippen MR) is 71.6 cm³/mol. The number of furan rings is 1. The fourth-order valence-electron chi connectivity index (χ4n) is 1.64. The summed E-state index contributed by atoms with van der Waals surface area (Å²) in [7, 11) is 0. The molecule has 2 N–H and O–H groups in total. The summed E-state index contributed by atoms with van der Waals surface area (Å²) in [5.41, 5.74) is 0. The Morgan fingerprint density at radius 3 is 3.00 bits per heavy atom. The van der Waals surface area contributed by atoms with Gasteiger partial charge < -0.3 is 14.8 Å². The Labute approximate surface area is 111 Å². The molecule has 0 saturated heterocycles. The number of aryl methyl sites for hydroxylation is 1. The predicted octanol–water partition coefficient (Wildman–Crippen LogP) is 2.68. The number of nitrogens with one attached hydrogen (secondary N) is 1. The molecule has 0 bridgehead atoms. The van der Waals surface area contributed by atoms with Crippen molar-refractivity contribution in [2.45, 2.75) is 32.4 Å². The number of aromatic nitrogens is 1. The molecule has 98 valence electrons. The molecule has 2 rings (SSSR count). The first-order valence-corrected chi connectivity index (χ1v) is 6.91. The number of aliphatic hydroxyl groups excluding tert-OH is 1. The first kappa shape index (κ1) is 13.3. The van der Waals surface area contributed by atoms with Crippen LogP contribution in [0.15, 0.2) is 29.0 Å². The molecule has 2 aromatic heterocycles. The lowest BCUT2D eigenvalue weighted by atomic mass is 10.2. The van der Waals surface area contributed by atoms with Crippen LogP contribution in [0.4, 0.5) is 0 Å². The Hall–Kier alpha value is -1.17. The third kappa shape index (κ3) is 3.19. The lowest BCUT2D eigenvalue weighted by Crippen LogP contribution is -2.24. The highest BCUT2D eigenvalue weighted by molar-refractivity contribution is 7.11. The summed E-state index contributed by atoms with van der Waals surface area (Å²) in [5.74, 6) is 0.586. The van der Waals surface area contributed by atoms with E-state index in [-0.39, 0.29) is 6.04 Å². The zero-order valence-electron chi connectivity index (χ0n) is 10.6. The molecule has 4 nitrogen and oxygen atoms in total. The summed E-state index contributed by atoms with van der Waals surface area (Å²) in [5, 5.41) is 14.2. The van der Waals surface area contributed by atoms with Gasteiger partial charge in [-0.1, -0.05) is 6.92 Å². The molecule has 2 heterocycles. The number of rotatable bonds is 6. The minimum absolute atomic E-state index is 0.139. The molecule has 2 aromatic rings. The van der Waals surface area contributed by atoms with Gasteiger partial charge in [-0.05, 0) is 25.5 Å². The molecule has 18 heavy (non-hydrogen) atoms. The molecule has 0 aliphatic heterocycles. The van der Waals surface area contributed by atoms with Crippen LogP contribution in [0, 0.1) is 0 Å². The van der Waals surface area contributed by atoms with Crippen LogP contribution in [0.25, 0.3) is 0 Å². The molecule has 0 radical (unpaired) electrons. The molecule has 5 heteroatoms. The number of hydrogen-bond acceptors (Lipinski definition) is 5. The van der Waals surface area contributed by atoms with Crippen LogP contribution in [0.3, 0.4) is 0 Å². The molecular formula is C13H18N2O2S. The fraction of sp³-hybridized carbons (Fsp3) is 0.462. The number of aliphatic hydroxyl groups is 1. The summed E-state index contributed by atoms with van der Waals surface area (Å²) in [4.78, 5) is 5.66. The van der Waals surface area contributed by atoms with Crippen molar-refractivity contribution in [2.75, 3.05) is 6.54 Å². The maximum absolute atomic E-state index is 9.88. The first-order valence-electron chi connectivity index (χ1n) is 6.10. The van der Waals surface area contributed by atoms with E-state index in [0.717, 1.165) is 11.4 Å². The van der Waals surface area contributed by atoms with Gasteiger partial charge in [-0.3, -0.25) is 0 Å². The van der Waals surface area contributed by atoms with Crippen molar-refractivity contribution < 1.29 is 9.52 Å². The van der Waals surface area contributed by atoms with E-state index < -0.39 is 6.10 Å². The largest absolute Gasteiger partial charge is 0.467 e. The van der Waals surface area contributed by atoms with Gasteiger partial charge in [0.15, 0.2) is 0 Å². The molecule has 0 fully saturated rings. The van der Waals surface area contributed by atoms with Gasteiger partial charge in [0.1, 0.15) is 16.9 Å². The van der Waals surface area contributed by atoms with Gasteiger partial charge in [0, 0.05) is 17.6 Å². The number of thiazole rings is 1. The van der Waals surface area contributed by atoms with Gasteiger partial charge in [-0.25, -0.2) is 4.98 Å². The normalized spacial score (nSPS) is 14.6. The van der Waals surface area contributed by atoms with Gasteiger partial charge in [0.25, 0.3) is 0 Å². The van der Waals surface area contributed by atoms with E-state index in [1.807, 2.05) is 13.1 Å². The van der Waals surface area contributed by atoms with Crippen molar-refractivity contribution in [2.24, 2.45) is 0 Å². The van der Waals surface area contributed by atoms with Crippen molar-refractivity contribution in [1.29, 1.82) is 0 Å². The third-order valence-electron chi connectivity index (χ3n) is 2.78. The Kier molecular flexibility index (Phi) is 4.52. The van der Waals surface area contributed by atoms with Gasteiger partial charge in [0.2, 0.25) is 0 Å². The topological polar surface area (TPSA) is 58.3 Å². The standard InChI is InChI=1S/C13H18N2O2S/c1-3-10-7-15-13(18-10)9(2)14-8-11(16)12-5-4-6-17-12/h4-7,9,11,14,16H,3,8H2,1-2H3. The molecule has 0 spiro atoms. The zero-order valence-corrected chi connectivity index (χ0v) is 11.4. The van der Waals surface area contributed by atoms with E-state index in [9.17, 15) is 5.11 Å². The number of hydrogen-bond donors (Lipinski definition) is 2. The Bertz CT molecular complexity index is 467. The summed E-state index contributed by atoms with van der Waals surface area (Å²) >= 11 is 1.71. The minimum atomic E-state index is -0.618. The summed E-state index contributed by atoms with van der Waals surface area (Å²) in [6.07, 6.45) is 3.88. The van der Waals surface area contributed by atoms with Gasteiger partial charge in [-0.2, -0.15) is 0 Å². The van der Waals surface area contributed by atoms with Crippen molar-refractivity contribution in [3.05, 3.63) is 40.2 Å². The molecule has 0 saturated carbocycles. The fourth-order valence-corrected chi connectivity index (χ4v) is 2.53. The van der Waals surface area contributed by atoms with Crippen LogP contribution < -0.4 is 5.32 Å². The van der Waals surface area contributed by atoms with E-state index >= 15 is 0 Å². The van der Waals surface area contributed by atoms with E-state index in [1.54, 1.807) is 29.7 Å². The molecule has 0 amide bonds. The highest BCUT2D eigenvalue weighted by Gasteiger charge is 2.14. The lowest BCUT2D eigenvalue weighted by molar-refractivity contribution is 0.144. The smallest absolute Gasteiger partial charge is 0.133 e. The van der Waals surface area contributed by atoms with Crippen molar-refractivity contribution >= 4 is 11.3 Å². The van der Waals surface area contributed by atoms with Crippen LogP contribution >= 0.6 is 11.3 Å². The van der Waals surface area contributed by atoms with E-state index in [4.69, 9.17) is 4.42 Å². The van der Waals surface area contributed by atoms with Gasteiger partial charge in [0.05, 0.1) is 12.3 Å². The molecular weight excluding hydrogens is 248 g/mol. The second kappa shape index (κ2) is 6.13. The Morgan fingerprint density at radius 1 is 1.56 bits per heavy atom. The quantitative estimate of drug-likeness (QED) is 0.844. The third-order valence-corrected chi connectivity index (χ3v) is 4.10. The monoisotopic (exact) mass is 266 g/mol. The molecule has 2 unspecified atom stereocenters. The van der Waals surface area contributed by atoms with Crippen molar-refractivity contribution in [3.8, 4) is 0 Å². The highest BCUT2D eigenvalue weighted by atomic mass is 32.1. The van der Waals surface area contributed by atoms with Crippen molar-refractivity contribution in [1.82, 2.24) is 10.3 Å². The maximum atomic E-state index is 9.88. The van der Waals surface area contributed by atoms with Gasteiger partial charge >= 0.3 is 0 Å². The Morgan fingerprint density at radius 2 is 2.39 bits per heavy atom. The number of nitrogens with zero attached hydrogens (tertiary/aromatic N) is 1. The lowest BCUT2D eigenvalue weighted by Gasteiger charge is -2.13. The first-order chi connectivity index (χ1) is 8.70. The van der Waals surface area contributed by atoms with Crippen LogP contribution in [0.1, 0.15) is 41.6 Å². The average Bonchev–Trinajstić information content (AvgIpc) is 3.05. The van der Waals surface area contributed by atoms with Crippen LogP contribution in [0.2, 0.25) is 0 Å². The summed E-state index contributed by atoms with van der Waals surface area (Å²) in [6, 6.07) is 3.69. The second-order valence-corrected chi connectivity index (χ2v) is 5.33. The highest BCUT2D eigenvalue weighted by Crippen LogP contribution is 2.21. The van der Waals surface area contributed by atoms with Gasteiger partial charge in [-0.15, -0.1) is 11.3 Å². The molecule has 0 aliphatic carbocycles. The summed E-state index contributed by atoms with van der Waals surface area (Å²) < 4.78 is 5.15. The molecule has 0 aromatic carbocycles. The summed E-state index contributed by atoms with van der Waals surface area (Å²) in [6.45, 7) is 4.62. The van der Waals surface area contributed by atoms with Crippen LogP contribution in [0.5, 0.6) is 0 Å². The SMILES string of the molecule is CCc1cnc(C(C)NCC(O)c2ccco2)s1. The Balaban J connectivity index is 1.86.